The molecule has 6 rings (SSSR count). The number of fused-ring (bicyclic) bond motifs is 1. The Bertz CT molecular complexity index is 1760. The van der Waals surface area contributed by atoms with E-state index in [1.54, 1.807) is 72.8 Å². The van der Waals surface area contributed by atoms with Gasteiger partial charge in [-0.1, -0.05) is 29.3 Å². The Hall–Kier alpha value is -5.50. The van der Waals surface area contributed by atoms with Crippen LogP contribution >= 0.6 is 0 Å². The van der Waals surface area contributed by atoms with Gasteiger partial charge in [0.25, 0.3) is 11.8 Å². The zero-order valence-electron chi connectivity index (χ0n) is 24.4. The third-order valence-corrected chi connectivity index (χ3v) is 7.98. The van der Waals surface area contributed by atoms with Gasteiger partial charge in [-0.25, -0.2) is 0 Å². The van der Waals surface area contributed by atoms with Crippen molar-refractivity contribution in [3.8, 4) is 11.5 Å². The van der Waals surface area contributed by atoms with E-state index < -0.39 is 0 Å². The van der Waals surface area contributed by atoms with E-state index >= 15 is 0 Å². The Morgan fingerprint density at radius 2 is 1.14 bits per heavy atom. The van der Waals surface area contributed by atoms with Crippen LogP contribution in [0.15, 0.2) is 109 Å². The summed E-state index contributed by atoms with van der Waals surface area (Å²) in [4.78, 5) is 52.8. The van der Waals surface area contributed by atoms with Crippen LogP contribution in [0.3, 0.4) is 0 Å². The second kappa shape index (κ2) is 12.0. The first-order valence-corrected chi connectivity index (χ1v) is 14.5. The van der Waals surface area contributed by atoms with E-state index in [1.165, 1.54) is 4.90 Å². The summed E-state index contributed by atoms with van der Waals surface area (Å²) in [6.45, 7) is 4.00. The molecule has 4 aromatic carbocycles. The number of rotatable bonds is 7. The van der Waals surface area contributed by atoms with Gasteiger partial charge in [0.15, 0.2) is 0 Å². The number of carbonyl (C=O) groups is 4. The molecule has 1 heterocycles. The lowest BCUT2D eigenvalue weighted by molar-refractivity contribution is -0.122. The lowest BCUT2D eigenvalue weighted by atomic mass is 9.82. The van der Waals surface area contributed by atoms with E-state index in [0.29, 0.717) is 46.8 Å². The molecule has 0 bridgehead atoms. The SMILES string of the molecule is CC1=CC[C@H]2C(=O)N(c3ccc(C(=O)Nc4ccc(C(=O)Nc5ccc(Oc6ccc(C)cc6)cc5)cc4)cc3)C(=O)[C@@H]2C1. The van der Waals surface area contributed by atoms with Crippen molar-refractivity contribution in [2.75, 3.05) is 15.5 Å². The number of amides is 4. The molecule has 2 atom stereocenters. The molecule has 0 unspecified atom stereocenters. The number of ether oxygens (including phenoxy) is 1. The summed E-state index contributed by atoms with van der Waals surface area (Å²) in [5, 5.41) is 5.68. The van der Waals surface area contributed by atoms with Crippen LogP contribution in [0.4, 0.5) is 17.1 Å². The van der Waals surface area contributed by atoms with Gasteiger partial charge in [-0.2, -0.15) is 0 Å². The number of nitrogens with zero attached hydrogens (tertiary/aromatic N) is 1. The largest absolute Gasteiger partial charge is 0.457 e. The molecule has 0 radical (unpaired) electrons. The van der Waals surface area contributed by atoms with E-state index in [0.717, 1.165) is 16.9 Å². The first-order chi connectivity index (χ1) is 21.2. The van der Waals surface area contributed by atoms with Crippen LogP contribution in [0.1, 0.15) is 46.0 Å². The zero-order valence-corrected chi connectivity index (χ0v) is 24.4. The Morgan fingerprint density at radius 3 is 1.70 bits per heavy atom. The van der Waals surface area contributed by atoms with Crippen molar-refractivity contribution < 1.29 is 23.9 Å². The van der Waals surface area contributed by atoms with Crippen LogP contribution < -0.4 is 20.3 Å². The van der Waals surface area contributed by atoms with E-state index in [-0.39, 0.29) is 35.5 Å². The maximum atomic E-state index is 13.0. The maximum Gasteiger partial charge on any atom is 0.255 e. The molecule has 4 aromatic rings. The molecule has 0 saturated carbocycles. The summed E-state index contributed by atoms with van der Waals surface area (Å²) < 4.78 is 5.84. The molecule has 1 fully saturated rings. The molecule has 0 aromatic heterocycles. The van der Waals surface area contributed by atoms with Crippen molar-refractivity contribution in [2.45, 2.75) is 26.7 Å². The maximum absolute atomic E-state index is 13.0. The van der Waals surface area contributed by atoms with Crippen LogP contribution in [0.2, 0.25) is 0 Å². The van der Waals surface area contributed by atoms with Gasteiger partial charge in [0.2, 0.25) is 11.8 Å². The molecular weight excluding hydrogens is 554 g/mol. The Labute approximate surface area is 255 Å². The molecule has 220 valence electrons. The predicted octanol–water partition coefficient (Wildman–Crippen LogP) is 7.14. The Morgan fingerprint density at radius 1 is 0.659 bits per heavy atom. The minimum absolute atomic E-state index is 0.182. The van der Waals surface area contributed by atoms with Gasteiger partial charge < -0.3 is 15.4 Å². The lowest BCUT2D eigenvalue weighted by Gasteiger charge is -2.18. The van der Waals surface area contributed by atoms with Gasteiger partial charge in [0.05, 0.1) is 17.5 Å². The summed E-state index contributed by atoms with van der Waals surface area (Å²) in [5.41, 5.74) is 4.69. The van der Waals surface area contributed by atoms with Gasteiger partial charge in [0.1, 0.15) is 11.5 Å². The van der Waals surface area contributed by atoms with E-state index in [9.17, 15) is 19.2 Å². The van der Waals surface area contributed by atoms with Crippen molar-refractivity contribution in [2.24, 2.45) is 11.8 Å². The summed E-state index contributed by atoms with van der Waals surface area (Å²) >= 11 is 0. The van der Waals surface area contributed by atoms with Crippen LogP contribution in [0.25, 0.3) is 0 Å². The fourth-order valence-electron chi connectivity index (χ4n) is 5.51. The van der Waals surface area contributed by atoms with Crippen molar-refractivity contribution in [1.29, 1.82) is 0 Å². The van der Waals surface area contributed by atoms with E-state index in [1.807, 2.05) is 44.2 Å². The van der Waals surface area contributed by atoms with Crippen LogP contribution in [0, 0.1) is 18.8 Å². The smallest absolute Gasteiger partial charge is 0.255 e. The first kappa shape index (κ1) is 28.6. The minimum atomic E-state index is -0.353. The highest BCUT2D eigenvalue weighted by atomic mass is 16.5. The molecule has 44 heavy (non-hydrogen) atoms. The van der Waals surface area contributed by atoms with Crippen LogP contribution in [-0.4, -0.2) is 23.6 Å². The average molecular weight is 586 g/mol. The molecule has 1 aliphatic carbocycles. The molecule has 8 nitrogen and oxygen atoms in total. The zero-order chi connectivity index (χ0) is 30.8. The number of benzene rings is 4. The standard InChI is InChI=1S/C36H31N3O5/c1-22-3-16-29(17-4-22)44-30-18-12-27(13-19-30)38-33(40)24-6-10-26(11-7-24)37-34(41)25-8-14-28(15-9-25)39-35(42)31-20-5-23(2)21-32(31)36(39)43/h3-19,31-32H,20-21H2,1-2H3,(H,37,41)(H,38,40)/t31-,32-/m1/s1. The van der Waals surface area contributed by atoms with Gasteiger partial charge in [-0.3, -0.25) is 24.1 Å². The molecular formula is C36H31N3O5. The topological polar surface area (TPSA) is 105 Å². The summed E-state index contributed by atoms with van der Waals surface area (Å²) in [6.07, 6.45) is 3.21. The number of nitrogens with one attached hydrogen (secondary N) is 2. The number of hydrogen-bond donors (Lipinski definition) is 2. The average Bonchev–Trinajstić information content (AvgIpc) is 3.28. The molecule has 8 heteroatoms. The predicted molar refractivity (Wildman–Crippen MR) is 169 cm³/mol. The fraction of sp³-hybridized carbons (Fsp3) is 0.167. The fourth-order valence-corrected chi connectivity index (χ4v) is 5.51. The molecule has 1 saturated heterocycles. The minimum Gasteiger partial charge on any atom is -0.457 e. The normalized spacial score (nSPS) is 17.5. The Kier molecular flexibility index (Phi) is 7.81. The summed E-state index contributed by atoms with van der Waals surface area (Å²) in [5.74, 6) is -0.250. The van der Waals surface area contributed by atoms with Crippen LogP contribution in [-0.2, 0) is 9.59 Å². The highest BCUT2D eigenvalue weighted by Gasteiger charge is 2.48. The van der Waals surface area contributed by atoms with E-state index in [2.05, 4.69) is 10.6 Å². The number of hydrogen-bond acceptors (Lipinski definition) is 5. The molecule has 2 N–H and O–H groups in total. The van der Waals surface area contributed by atoms with Gasteiger partial charge >= 0.3 is 0 Å². The van der Waals surface area contributed by atoms with Crippen molar-refractivity contribution in [1.82, 2.24) is 0 Å². The number of carbonyl (C=O) groups excluding carboxylic acids is 4. The highest BCUT2D eigenvalue weighted by Crippen LogP contribution is 2.39. The molecule has 2 aliphatic rings. The number of imide groups is 1. The third-order valence-electron chi connectivity index (χ3n) is 7.98. The quantitative estimate of drug-likeness (QED) is 0.177. The number of anilines is 3. The first-order valence-electron chi connectivity index (χ1n) is 14.5. The Balaban J connectivity index is 1.03. The second-order valence-electron chi connectivity index (χ2n) is 11.2. The van der Waals surface area contributed by atoms with Gasteiger partial charge in [-0.05, 0) is 112 Å². The molecule has 1 aliphatic heterocycles. The highest BCUT2D eigenvalue weighted by molar-refractivity contribution is 6.22. The van der Waals surface area contributed by atoms with Crippen molar-refractivity contribution in [3.63, 3.8) is 0 Å². The van der Waals surface area contributed by atoms with E-state index in [4.69, 9.17) is 4.74 Å². The van der Waals surface area contributed by atoms with Crippen molar-refractivity contribution >= 4 is 40.7 Å². The monoisotopic (exact) mass is 585 g/mol. The third kappa shape index (κ3) is 6.01. The summed E-state index contributed by atoms with van der Waals surface area (Å²) in [7, 11) is 0. The lowest BCUT2D eigenvalue weighted by Crippen LogP contribution is -2.30. The van der Waals surface area contributed by atoms with Crippen molar-refractivity contribution in [3.05, 3.63) is 125 Å². The summed E-state index contributed by atoms with van der Waals surface area (Å²) in [6, 6.07) is 27.8. The second-order valence-corrected chi connectivity index (χ2v) is 11.2. The van der Waals surface area contributed by atoms with Gasteiger partial charge in [-0.15, -0.1) is 0 Å². The molecule has 0 spiro atoms. The molecule has 4 amide bonds. The number of allylic oxidation sites excluding steroid dienone is 2. The number of aryl methyl sites for hydroxylation is 1. The van der Waals surface area contributed by atoms with Gasteiger partial charge in [0, 0.05) is 22.5 Å². The van der Waals surface area contributed by atoms with Crippen LogP contribution in [0.5, 0.6) is 11.5 Å².